The first kappa shape index (κ1) is 10.2. The van der Waals surface area contributed by atoms with Gasteiger partial charge in [0.25, 0.3) is 0 Å². The predicted molar refractivity (Wildman–Crippen MR) is 57.3 cm³/mol. The number of nitrogens with zero attached hydrogens (tertiary/aromatic N) is 3. The number of nitrogens with one attached hydrogen (secondary N) is 1. The van der Waals surface area contributed by atoms with E-state index in [1.807, 2.05) is 4.68 Å². The summed E-state index contributed by atoms with van der Waals surface area (Å²) in [4.78, 5) is 0. The minimum Gasteiger partial charge on any atom is -0.311 e. The number of fused-ring (bicyclic) bond motifs is 1. The fraction of sp³-hybridized carbons (Fsp3) is 0.636. The first-order valence-corrected chi connectivity index (χ1v) is 5.26. The fourth-order valence-corrected chi connectivity index (χ4v) is 1.92. The third-order valence-corrected chi connectivity index (χ3v) is 2.65. The normalized spacial score (nSPS) is 15.9. The third-order valence-electron chi connectivity index (χ3n) is 2.65. The van der Waals surface area contributed by atoms with Crippen LogP contribution in [0.1, 0.15) is 37.7 Å². The topological polar surface area (TPSA) is 53.6 Å². The summed E-state index contributed by atoms with van der Waals surface area (Å²) in [7, 11) is 0. The molecule has 0 bridgehead atoms. The molecule has 0 spiro atoms. The van der Waals surface area contributed by atoms with E-state index in [1.165, 1.54) is 0 Å². The van der Waals surface area contributed by atoms with Crippen LogP contribution in [0.15, 0.2) is 0 Å². The minimum absolute atomic E-state index is 0.123. The highest BCUT2D eigenvalue weighted by Gasteiger charge is 2.25. The Bertz CT molecular complexity index is 417. The zero-order chi connectivity index (χ0) is 11.1. The average molecular weight is 204 g/mol. The van der Waals surface area contributed by atoms with E-state index in [9.17, 15) is 5.26 Å². The van der Waals surface area contributed by atoms with E-state index in [4.69, 9.17) is 0 Å². The fourth-order valence-electron chi connectivity index (χ4n) is 1.92. The monoisotopic (exact) mass is 204 g/mol. The lowest BCUT2D eigenvalue weighted by Gasteiger charge is -2.20. The van der Waals surface area contributed by atoms with Crippen LogP contribution in [-0.4, -0.2) is 16.3 Å². The van der Waals surface area contributed by atoms with Crippen LogP contribution in [0.5, 0.6) is 0 Å². The zero-order valence-electron chi connectivity index (χ0n) is 9.46. The van der Waals surface area contributed by atoms with Gasteiger partial charge < -0.3 is 5.32 Å². The standard InChI is InChI=1S/C11H16N4/c1-11(2,3)15-10(6-12)8-4-5-13-7-9(8)14-15/h13H,4-5,7H2,1-3H3. The molecule has 1 aromatic rings. The first-order valence-electron chi connectivity index (χ1n) is 5.26. The van der Waals surface area contributed by atoms with Gasteiger partial charge in [-0.1, -0.05) is 0 Å². The van der Waals surface area contributed by atoms with Crippen LogP contribution in [0.4, 0.5) is 0 Å². The van der Waals surface area contributed by atoms with Crippen LogP contribution in [-0.2, 0) is 18.5 Å². The van der Waals surface area contributed by atoms with E-state index in [0.29, 0.717) is 0 Å². The molecule has 1 aromatic heterocycles. The number of hydrogen-bond donors (Lipinski definition) is 1. The number of nitriles is 1. The van der Waals surface area contributed by atoms with Crippen LogP contribution in [0.25, 0.3) is 0 Å². The molecule has 0 amide bonds. The highest BCUT2D eigenvalue weighted by atomic mass is 15.3. The van der Waals surface area contributed by atoms with Gasteiger partial charge in [-0.2, -0.15) is 10.4 Å². The van der Waals surface area contributed by atoms with Crippen molar-refractivity contribution < 1.29 is 0 Å². The molecule has 1 N–H and O–H groups in total. The van der Waals surface area contributed by atoms with E-state index in [1.54, 1.807) is 0 Å². The summed E-state index contributed by atoms with van der Waals surface area (Å²) in [5.74, 6) is 0. The van der Waals surface area contributed by atoms with Crippen molar-refractivity contribution in [3.63, 3.8) is 0 Å². The van der Waals surface area contributed by atoms with Gasteiger partial charge in [0, 0.05) is 12.1 Å². The molecule has 80 valence electrons. The Morgan fingerprint density at radius 1 is 1.47 bits per heavy atom. The first-order chi connectivity index (χ1) is 7.04. The molecule has 2 rings (SSSR count). The van der Waals surface area contributed by atoms with Crippen molar-refractivity contribution >= 4 is 0 Å². The van der Waals surface area contributed by atoms with Crippen molar-refractivity contribution in [2.75, 3.05) is 6.54 Å². The van der Waals surface area contributed by atoms with Crippen LogP contribution in [0, 0.1) is 11.3 Å². The molecule has 0 aromatic carbocycles. The van der Waals surface area contributed by atoms with Gasteiger partial charge in [0.2, 0.25) is 0 Å². The van der Waals surface area contributed by atoms with Crippen molar-refractivity contribution in [3.8, 4) is 6.07 Å². The Hall–Kier alpha value is -1.34. The molecular weight excluding hydrogens is 188 g/mol. The molecule has 0 saturated carbocycles. The molecule has 0 fully saturated rings. The number of rotatable bonds is 0. The smallest absolute Gasteiger partial charge is 0.142 e. The number of hydrogen-bond acceptors (Lipinski definition) is 3. The van der Waals surface area contributed by atoms with Crippen LogP contribution in [0.2, 0.25) is 0 Å². The molecule has 0 atom stereocenters. The molecule has 0 aliphatic carbocycles. The SMILES string of the molecule is CC(C)(C)n1nc2c(c1C#N)CCNC2. The van der Waals surface area contributed by atoms with E-state index in [0.717, 1.165) is 36.5 Å². The summed E-state index contributed by atoms with van der Waals surface area (Å²) in [5, 5.41) is 17.0. The van der Waals surface area contributed by atoms with Gasteiger partial charge in [-0.3, -0.25) is 0 Å². The molecule has 1 aliphatic heterocycles. The van der Waals surface area contributed by atoms with Gasteiger partial charge in [-0.25, -0.2) is 4.68 Å². The molecule has 0 radical (unpaired) electrons. The summed E-state index contributed by atoms with van der Waals surface area (Å²) in [6.07, 6.45) is 0.911. The maximum atomic E-state index is 9.20. The Balaban J connectivity index is 2.58. The van der Waals surface area contributed by atoms with Gasteiger partial charge in [0.05, 0.1) is 11.2 Å². The molecule has 4 nitrogen and oxygen atoms in total. The van der Waals surface area contributed by atoms with E-state index >= 15 is 0 Å². The summed E-state index contributed by atoms with van der Waals surface area (Å²) in [6.45, 7) is 7.93. The Labute approximate surface area is 89.9 Å². The Kier molecular flexibility index (Phi) is 2.28. The van der Waals surface area contributed by atoms with E-state index in [2.05, 4.69) is 37.3 Å². The quantitative estimate of drug-likeness (QED) is 0.690. The largest absolute Gasteiger partial charge is 0.311 e. The van der Waals surface area contributed by atoms with Gasteiger partial charge >= 0.3 is 0 Å². The van der Waals surface area contributed by atoms with E-state index in [-0.39, 0.29) is 5.54 Å². The third kappa shape index (κ3) is 1.64. The molecular formula is C11H16N4. The summed E-state index contributed by atoms with van der Waals surface area (Å²) >= 11 is 0. The van der Waals surface area contributed by atoms with Crippen molar-refractivity contribution in [2.24, 2.45) is 0 Å². The molecule has 0 unspecified atom stereocenters. The van der Waals surface area contributed by atoms with E-state index < -0.39 is 0 Å². The summed E-state index contributed by atoms with van der Waals surface area (Å²) < 4.78 is 1.85. The molecule has 2 heterocycles. The van der Waals surface area contributed by atoms with Crippen molar-refractivity contribution in [1.29, 1.82) is 5.26 Å². The van der Waals surface area contributed by atoms with Gasteiger partial charge in [-0.05, 0) is 33.7 Å². The zero-order valence-corrected chi connectivity index (χ0v) is 9.46. The maximum absolute atomic E-state index is 9.20. The lowest BCUT2D eigenvalue weighted by atomic mass is 10.0. The second-order valence-corrected chi connectivity index (χ2v) is 4.90. The molecule has 0 saturated heterocycles. The highest BCUT2D eigenvalue weighted by molar-refractivity contribution is 5.37. The van der Waals surface area contributed by atoms with Crippen LogP contribution < -0.4 is 5.32 Å². The summed E-state index contributed by atoms with van der Waals surface area (Å²) in [5.41, 5.74) is 2.78. The van der Waals surface area contributed by atoms with Crippen molar-refractivity contribution in [1.82, 2.24) is 15.1 Å². The Morgan fingerprint density at radius 2 is 2.20 bits per heavy atom. The maximum Gasteiger partial charge on any atom is 0.142 e. The van der Waals surface area contributed by atoms with Crippen molar-refractivity contribution in [3.05, 3.63) is 17.0 Å². The lowest BCUT2D eigenvalue weighted by molar-refractivity contribution is 0.349. The minimum atomic E-state index is -0.123. The highest BCUT2D eigenvalue weighted by Crippen LogP contribution is 2.23. The van der Waals surface area contributed by atoms with Crippen LogP contribution in [0.3, 0.4) is 0 Å². The van der Waals surface area contributed by atoms with Gasteiger partial charge in [0.1, 0.15) is 11.8 Å². The van der Waals surface area contributed by atoms with Crippen molar-refractivity contribution in [2.45, 2.75) is 39.3 Å². The van der Waals surface area contributed by atoms with Gasteiger partial charge in [0.15, 0.2) is 0 Å². The lowest BCUT2D eigenvalue weighted by Crippen LogP contribution is -2.24. The molecule has 1 aliphatic rings. The number of aromatic nitrogens is 2. The van der Waals surface area contributed by atoms with Gasteiger partial charge in [-0.15, -0.1) is 0 Å². The second-order valence-electron chi connectivity index (χ2n) is 4.90. The molecule has 15 heavy (non-hydrogen) atoms. The Morgan fingerprint density at radius 3 is 2.80 bits per heavy atom. The average Bonchev–Trinajstić information content (AvgIpc) is 2.55. The summed E-state index contributed by atoms with van der Waals surface area (Å²) in [6, 6.07) is 2.28. The predicted octanol–water partition coefficient (Wildman–Crippen LogP) is 1.16. The van der Waals surface area contributed by atoms with Crippen LogP contribution >= 0.6 is 0 Å². The molecule has 4 heteroatoms. The second kappa shape index (κ2) is 3.35.